The molecule has 1 nitrogen and oxygen atoms in total. The highest BCUT2D eigenvalue weighted by Gasteiger charge is 1.95. The molecule has 0 aliphatic carbocycles. The van der Waals surface area contributed by atoms with Crippen LogP contribution in [0.2, 0.25) is 0 Å². The molecule has 0 spiro atoms. The molecule has 0 heterocycles. The molecular weight excluding hydrogens is 326 g/mol. The third-order valence-electron chi connectivity index (χ3n) is 5.80. The van der Waals surface area contributed by atoms with Crippen LogP contribution in [-0.2, 0) is 0 Å². The van der Waals surface area contributed by atoms with E-state index in [1.54, 1.807) is 0 Å². The Morgan fingerprint density at radius 2 is 0.704 bits per heavy atom. The predicted molar refractivity (Wildman–Crippen MR) is 124 cm³/mol. The van der Waals surface area contributed by atoms with Gasteiger partial charge in [-0.1, -0.05) is 142 Å². The molecule has 0 rings (SSSR count). The van der Waals surface area contributed by atoms with Gasteiger partial charge in [0.2, 0.25) is 0 Å². The third kappa shape index (κ3) is 25.5. The Hall–Kier alpha value is -0.550. The van der Waals surface area contributed by atoms with E-state index in [4.69, 9.17) is 5.41 Å². The monoisotopic (exact) mass is 377 g/mol. The van der Waals surface area contributed by atoms with Gasteiger partial charge in [0, 0.05) is 0 Å². The molecule has 1 heteroatoms. The zero-order valence-electron chi connectivity index (χ0n) is 18.8. The second-order valence-electron chi connectivity index (χ2n) is 8.56. The van der Waals surface area contributed by atoms with E-state index in [2.05, 4.69) is 12.8 Å². The predicted octanol–water partition coefficient (Wildman–Crippen LogP) is 9.78. The SMILES string of the molecule is CCCCCCCCCCCCCCCCCCCCCCCCC=C=N. The van der Waals surface area contributed by atoms with Gasteiger partial charge in [-0.15, -0.1) is 0 Å². The molecule has 0 saturated carbocycles. The summed E-state index contributed by atoms with van der Waals surface area (Å²) in [6.07, 6.45) is 34.5. The van der Waals surface area contributed by atoms with Crippen LogP contribution in [0.3, 0.4) is 0 Å². The maximum absolute atomic E-state index is 6.82. The van der Waals surface area contributed by atoms with Crippen LogP contribution < -0.4 is 0 Å². The summed E-state index contributed by atoms with van der Waals surface area (Å²) in [5.41, 5.74) is 0. The second-order valence-corrected chi connectivity index (χ2v) is 8.56. The first kappa shape index (κ1) is 26.4. The van der Waals surface area contributed by atoms with E-state index in [1.165, 1.54) is 141 Å². The molecule has 0 aromatic heterocycles. The van der Waals surface area contributed by atoms with E-state index < -0.39 is 0 Å². The highest BCUT2D eigenvalue weighted by molar-refractivity contribution is 5.46. The van der Waals surface area contributed by atoms with Gasteiger partial charge in [0.15, 0.2) is 0 Å². The molecule has 0 aromatic carbocycles. The summed E-state index contributed by atoms with van der Waals surface area (Å²) in [6.45, 7) is 2.30. The Bertz CT molecular complexity index is 303. The molecule has 0 radical (unpaired) electrons. The Kier molecular flexibility index (Phi) is 24.9. The Morgan fingerprint density at radius 1 is 0.444 bits per heavy atom. The summed E-state index contributed by atoms with van der Waals surface area (Å²) in [7, 11) is 0. The summed E-state index contributed by atoms with van der Waals surface area (Å²) in [5.74, 6) is 2.36. The Morgan fingerprint density at radius 3 is 0.963 bits per heavy atom. The fourth-order valence-corrected chi connectivity index (χ4v) is 3.93. The van der Waals surface area contributed by atoms with Crippen LogP contribution in [0.1, 0.15) is 155 Å². The van der Waals surface area contributed by atoms with E-state index in [0.717, 1.165) is 6.42 Å². The standard InChI is InChI=1S/C26H51N/c1-2-3-4-5-6-7-8-9-10-11-12-13-14-15-16-17-18-19-20-21-22-23-24-25-26-27/h25,27H,2-24H2,1H3. The molecule has 0 aromatic rings. The van der Waals surface area contributed by atoms with Gasteiger partial charge in [0.05, 0.1) is 0 Å². The highest BCUT2D eigenvalue weighted by Crippen LogP contribution is 2.15. The number of allylic oxidation sites excluding steroid dienone is 1. The van der Waals surface area contributed by atoms with Crippen molar-refractivity contribution in [3.05, 3.63) is 6.08 Å². The summed E-state index contributed by atoms with van der Waals surface area (Å²) < 4.78 is 0. The molecule has 27 heavy (non-hydrogen) atoms. The molecule has 0 bridgehead atoms. The molecule has 1 N–H and O–H groups in total. The Labute approximate surface area is 172 Å². The van der Waals surface area contributed by atoms with Crippen LogP contribution in [0.4, 0.5) is 0 Å². The van der Waals surface area contributed by atoms with Crippen LogP contribution in [0.25, 0.3) is 0 Å². The van der Waals surface area contributed by atoms with Gasteiger partial charge in [0.1, 0.15) is 0 Å². The molecule has 0 amide bonds. The van der Waals surface area contributed by atoms with Gasteiger partial charge in [-0.05, 0) is 24.8 Å². The van der Waals surface area contributed by atoms with E-state index >= 15 is 0 Å². The van der Waals surface area contributed by atoms with Gasteiger partial charge in [-0.3, -0.25) is 5.41 Å². The van der Waals surface area contributed by atoms with E-state index in [-0.39, 0.29) is 0 Å². The van der Waals surface area contributed by atoms with E-state index in [1.807, 2.05) is 6.08 Å². The van der Waals surface area contributed by atoms with Crippen molar-refractivity contribution in [2.24, 2.45) is 0 Å². The molecular formula is C26H51N. The topological polar surface area (TPSA) is 23.9 Å². The smallest absolute Gasteiger partial charge is 0.0234 e. The first-order valence-corrected chi connectivity index (χ1v) is 12.7. The van der Waals surface area contributed by atoms with Crippen LogP contribution in [0.5, 0.6) is 0 Å². The van der Waals surface area contributed by atoms with E-state index in [0.29, 0.717) is 0 Å². The lowest BCUT2D eigenvalue weighted by Crippen LogP contribution is -1.84. The second kappa shape index (κ2) is 25.4. The maximum atomic E-state index is 6.82. The van der Waals surface area contributed by atoms with Crippen LogP contribution in [0.15, 0.2) is 6.08 Å². The van der Waals surface area contributed by atoms with Gasteiger partial charge in [-0.2, -0.15) is 0 Å². The summed E-state index contributed by atoms with van der Waals surface area (Å²) in [4.78, 5) is 0. The van der Waals surface area contributed by atoms with Crippen molar-refractivity contribution in [1.82, 2.24) is 0 Å². The summed E-state index contributed by atoms with van der Waals surface area (Å²) >= 11 is 0. The molecule has 0 fully saturated rings. The van der Waals surface area contributed by atoms with Crippen LogP contribution in [-0.4, -0.2) is 5.87 Å². The number of hydrogen-bond donors (Lipinski definition) is 1. The number of unbranched alkanes of at least 4 members (excludes halogenated alkanes) is 22. The quantitative estimate of drug-likeness (QED) is 0.135. The molecule has 0 atom stereocenters. The molecule has 160 valence electrons. The van der Waals surface area contributed by atoms with Gasteiger partial charge < -0.3 is 0 Å². The Balaban J connectivity index is 2.98. The molecule has 0 unspecified atom stereocenters. The number of hydrogen-bond acceptors (Lipinski definition) is 1. The minimum Gasteiger partial charge on any atom is -0.259 e. The van der Waals surface area contributed by atoms with Crippen molar-refractivity contribution in [2.45, 2.75) is 155 Å². The van der Waals surface area contributed by atoms with Gasteiger partial charge in [0.25, 0.3) is 0 Å². The minimum atomic E-state index is 1.04. The lowest BCUT2D eigenvalue weighted by Gasteiger charge is -2.04. The van der Waals surface area contributed by atoms with Crippen molar-refractivity contribution in [3.8, 4) is 0 Å². The van der Waals surface area contributed by atoms with Crippen molar-refractivity contribution < 1.29 is 0 Å². The maximum Gasteiger partial charge on any atom is -0.0234 e. The first-order chi connectivity index (χ1) is 13.4. The minimum absolute atomic E-state index is 1.04. The van der Waals surface area contributed by atoms with Gasteiger partial charge >= 0.3 is 0 Å². The van der Waals surface area contributed by atoms with E-state index in [9.17, 15) is 0 Å². The van der Waals surface area contributed by atoms with Crippen molar-refractivity contribution in [1.29, 1.82) is 5.41 Å². The highest BCUT2D eigenvalue weighted by atomic mass is 14.3. The molecule has 0 aliphatic heterocycles. The van der Waals surface area contributed by atoms with Crippen molar-refractivity contribution >= 4 is 5.87 Å². The summed E-state index contributed by atoms with van der Waals surface area (Å²) in [6, 6.07) is 0. The average molecular weight is 378 g/mol. The lowest BCUT2D eigenvalue weighted by atomic mass is 10.0. The average Bonchev–Trinajstić information content (AvgIpc) is 2.68. The van der Waals surface area contributed by atoms with Crippen LogP contribution in [0, 0.1) is 5.41 Å². The zero-order valence-corrected chi connectivity index (χ0v) is 18.8. The van der Waals surface area contributed by atoms with Crippen molar-refractivity contribution in [3.63, 3.8) is 0 Å². The summed E-state index contributed by atoms with van der Waals surface area (Å²) in [5, 5.41) is 6.82. The third-order valence-corrected chi connectivity index (χ3v) is 5.80. The number of nitrogens with one attached hydrogen (secondary N) is 1. The normalized spacial score (nSPS) is 10.9. The van der Waals surface area contributed by atoms with Gasteiger partial charge in [-0.25, -0.2) is 0 Å². The largest absolute Gasteiger partial charge is 0.259 e. The zero-order chi connectivity index (χ0) is 19.7. The molecule has 0 aliphatic rings. The van der Waals surface area contributed by atoms with Crippen LogP contribution >= 0.6 is 0 Å². The fourth-order valence-electron chi connectivity index (χ4n) is 3.93. The lowest BCUT2D eigenvalue weighted by molar-refractivity contribution is 0.519. The van der Waals surface area contributed by atoms with Crippen molar-refractivity contribution in [2.75, 3.05) is 0 Å². The first-order valence-electron chi connectivity index (χ1n) is 12.7. The molecule has 0 saturated heterocycles. The fraction of sp³-hybridized carbons (Fsp3) is 0.923. The number of rotatable bonds is 23.